The number of hydrogen-bond acceptors (Lipinski definition) is 2. The summed E-state index contributed by atoms with van der Waals surface area (Å²) < 4.78 is 2.68. The topological polar surface area (TPSA) is 46.9 Å². The molecular formula is C11H10IN3O. The van der Waals surface area contributed by atoms with Crippen LogP contribution in [-0.2, 0) is 7.05 Å². The van der Waals surface area contributed by atoms with Crippen LogP contribution in [-0.4, -0.2) is 15.7 Å². The van der Waals surface area contributed by atoms with Gasteiger partial charge in [-0.2, -0.15) is 5.10 Å². The van der Waals surface area contributed by atoms with Crippen molar-refractivity contribution in [2.45, 2.75) is 0 Å². The lowest BCUT2D eigenvalue weighted by molar-refractivity contribution is 0.101. The molecule has 0 saturated heterocycles. The number of anilines is 1. The van der Waals surface area contributed by atoms with Crippen LogP contribution in [0.1, 0.15) is 10.5 Å². The number of halogens is 1. The summed E-state index contributed by atoms with van der Waals surface area (Å²) in [6.07, 6.45) is 1.60. The van der Waals surface area contributed by atoms with E-state index in [1.807, 2.05) is 24.3 Å². The van der Waals surface area contributed by atoms with Gasteiger partial charge in [0.05, 0.1) is 0 Å². The van der Waals surface area contributed by atoms with Gasteiger partial charge in [-0.15, -0.1) is 0 Å². The average Bonchev–Trinajstić information content (AvgIpc) is 2.68. The molecule has 5 heteroatoms. The van der Waals surface area contributed by atoms with E-state index < -0.39 is 0 Å². The number of nitrogens with zero attached hydrogens (tertiary/aromatic N) is 2. The predicted octanol–water partition coefficient (Wildman–Crippen LogP) is 2.28. The third-order valence-electron chi connectivity index (χ3n) is 2.16. The Morgan fingerprint density at radius 1 is 1.31 bits per heavy atom. The highest BCUT2D eigenvalue weighted by Crippen LogP contribution is 2.12. The van der Waals surface area contributed by atoms with Gasteiger partial charge in [0, 0.05) is 22.5 Å². The van der Waals surface area contributed by atoms with Crippen LogP contribution in [0, 0.1) is 3.57 Å². The molecule has 2 rings (SSSR count). The van der Waals surface area contributed by atoms with Crippen molar-refractivity contribution in [3.8, 4) is 0 Å². The minimum atomic E-state index is -0.152. The third kappa shape index (κ3) is 2.41. The summed E-state index contributed by atoms with van der Waals surface area (Å²) in [5.74, 6) is -0.152. The van der Waals surface area contributed by atoms with E-state index in [-0.39, 0.29) is 5.91 Å². The van der Waals surface area contributed by atoms with E-state index in [1.165, 1.54) is 0 Å². The Kier molecular flexibility index (Phi) is 3.23. The van der Waals surface area contributed by atoms with Gasteiger partial charge in [0.2, 0.25) is 0 Å². The fourth-order valence-corrected chi connectivity index (χ4v) is 1.68. The molecule has 2 aromatic rings. The van der Waals surface area contributed by atoms with Gasteiger partial charge < -0.3 is 5.32 Å². The maximum Gasteiger partial charge on any atom is 0.273 e. The maximum atomic E-state index is 11.8. The number of carbonyl (C=O) groups is 1. The first-order valence-corrected chi connectivity index (χ1v) is 5.79. The van der Waals surface area contributed by atoms with Crippen molar-refractivity contribution in [1.29, 1.82) is 0 Å². The van der Waals surface area contributed by atoms with E-state index in [9.17, 15) is 4.79 Å². The van der Waals surface area contributed by atoms with E-state index in [0.29, 0.717) is 5.69 Å². The molecule has 0 aliphatic rings. The molecule has 1 heterocycles. The first-order chi connectivity index (χ1) is 7.66. The van der Waals surface area contributed by atoms with Crippen molar-refractivity contribution in [2.24, 2.45) is 7.05 Å². The number of nitrogens with one attached hydrogen (secondary N) is 1. The van der Waals surface area contributed by atoms with Gasteiger partial charge >= 0.3 is 0 Å². The van der Waals surface area contributed by atoms with Gasteiger partial charge in [0.15, 0.2) is 0 Å². The molecule has 0 aliphatic heterocycles. The normalized spacial score (nSPS) is 10.1. The van der Waals surface area contributed by atoms with Crippen molar-refractivity contribution in [1.82, 2.24) is 9.78 Å². The molecular weight excluding hydrogens is 317 g/mol. The first-order valence-electron chi connectivity index (χ1n) is 4.72. The van der Waals surface area contributed by atoms with Crippen LogP contribution >= 0.6 is 22.6 Å². The van der Waals surface area contributed by atoms with Gasteiger partial charge in [0.25, 0.3) is 5.91 Å². The predicted molar refractivity (Wildman–Crippen MR) is 70.3 cm³/mol. The Balaban J connectivity index is 2.14. The lowest BCUT2D eigenvalue weighted by Crippen LogP contribution is -2.15. The van der Waals surface area contributed by atoms with Crippen molar-refractivity contribution >= 4 is 34.2 Å². The fraction of sp³-hybridized carbons (Fsp3) is 0.0909. The van der Waals surface area contributed by atoms with Crippen LogP contribution < -0.4 is 5.32 Å². The monoisotopic (exact) mass is 327 g/mol. The number of aromatic nitrogens is 2. The summed E-state index contributed by atoms with van der Waals surface area (Å²) in [6.45, 7) is 0. The molecule has 0 fully saturated rings. The largest absolute Gasteiger partial charge is 0.321 e. The van der Waals surface area contributed by atoms with Gasteiger partial charge in [0.1, 0.15) is 5.69 Å². The number of hydrogen-bond donors (Lipinski definition) is 1. The fourth-order valence-electron chi connectivity index (χ4n) is 1.33. The van der Waals surface area contributed by atoms with Crippen molar-refractivity contribution < 1.29 is 4.79 Å². The molecule has 0 atom stereocenters. The number of carbonyl (C=O) groups excluding carboxylic acids is 1. The van der Waals surface area contributed by atoms with Crippen LogP contribution in [0.3, 0.4) is 0 Å². The second kappa shape index (κ2) is 4.65. The highest BCUT2D eigenvalue weighted by molar-refractivity contribution is 14.1. The van der Waals surface area contributed by atoms with Crippen LogP contribution in [0.25, 0.3) is 0 Å². The lowest BCUT2D eigenvalue weighted by atomic mass is 10.3. The molecule has 0 bridgehead atoms. The van der Waals surface area contributed by atoms with Crippen LogP contribution in [0.15, 0.2) is 36.5 Å². The summed E-state index contributed by atoms with van der Waals surface area (Å²) in [6, 6.07) is 9.31. The number of aryl methyl sites for hydroxylation is 1. The summed E-state index contributed by atoms with van der Waals surface area (Å²) in [5.41, 5.74) is 1.32. The van der Waals surface area contributed by atoms with Gasteiger partial charge in [-0.25, -0.2) is 0 Å². The SMILES string of the molecule is Cn1nccc1C(=O)Nc1ccc(I)cc1. The Morgan fingerprint density at radius 2 is 2.00 bits per heavy atom. The molecule has 0 spiro atoms. The van der Waals surface area contributed by atoms with E-state index in [1.54, 1.807) is 24.0 Å². The molecule has 0 unspecified atom stereocenters. The quantitative estimate of drug-likeness (QED) is 0.861. The molecule has 1 N–H and O–H groups in total. The minimum absolute atomic E-state index is 0.152. The zero-order valence-corrected chi connectivity index (χ0v) is 10.8. The summed E-state index contributed by atoms with van der Waals surface area (Å²) in [4.78, 5) is 11.8. The number of benzene rings is 1. The van der Waals surface area contributed by atoms with Crippen molar-refractivity contribution in [3.05, 3.63) is 45.8 Å². The summed E-state index contributed by atoms with van der Waals surface area (Å²) in [7, 11) is 1.74. The number of amides is 1. The summed E-state index contributed by atoms with van der Waals surface area (Å²) in [5, 5.41) is 6.76. The smallest absolute Gasteiger partial charge is 0.273 e. The minimum Gasteiger partial charge on any atom is -0.321 e. The zero-order valence-electron chi connectivity index (χ0n) is 8.64. The van der Waals surface area contributed by atoms with E-state index in [4.69, 9.17) is 0 Å². The third-order valence-corrected chi connectivity index (χ3v) is 2.87. The van der Waals surface area contributed by atoms with Crippen LogP contribution in [0.4, 0.5) is 5.69 Å². The Bertz CT molecular complexity index is 504. The molecule has 1 aromatic heterocycles. The molecule has 0 aliphatic carbocycles. The van der Waals surface area contributed by atoms with Crippen LogP contribution in [0.5, 0.6) is 0 Å². The Morgan fingerprint density at radius 3 is 2.56 bits per heavy atom. The first kappa shape index (κ1) is 11.1. The second-order valence-corrected chi connectivity index (χ2v) is 4.55. The molecule has 0 saturated carbocycles. The van der Waals surface area contributed by atoms with E-state index >= 15 is 0 Å². The van der Waals surface area contributed by atoms with Crippen LogP contribution in [0.2, 0.25) is 0 Å². The van der Waals surface area contributed by atoms with Gasteiger partial charge in [-0.05, 0) is 52.9 Å². The summed E-state index contributed by atoms with van der Waals surface area (Å²) >= 11 is 2.22. The molecule has 1 amide bonds. The second-order valence-electron chi connectivity index (χ2n) is 3.30. The maximum absolute atomic E-state index is 11.8. The van der Waals surface area contributed by atoms with Crippen molar-refractivity contribution in [3.63, 3.8) is 0 Å². The lowest BCUT2D eigenvalue weighted by Gasteiger charge is -2.05. The highest BCUT2D eigenvalue weighted by atomic mass is 127. The van der Waals surface area contributed by atoms with Gasteiger partial charge in [-0.1, -0.05) is 0 Å². The molecule has 16 heavy (non-hydrogen) atoms. The van der Waals surface area contributed by atoms with E-state index in [0.717, 1.165) is 9.26 Å². The molecule has 82 valence electrons. The van der Waals surface area contributed by atoms with Gasteiger partial charge in [-0.3, -0.25) is 9.48 Å². The zero-order chi connectivity index (χ0) is 11.5. The van der Waals surface area contributed by atoms with Crippen molar-refractivity contribution in [2.75, 3.05) is 5.32 Å². The molecule has 1 aromatic carbocycles. The van der Waals surface area contributed by atoms with E-state index in [2.05, 4.69) is 33.0 Å². The standard InChI is InChI=1S/C11H10IN3O/c1-15-10(6-7-13-15)11(16)14-9-4-2-8(12)3-5-9/h2-7H,1H3,(H,14,16). The average molecular weight is 327 g/mol. The Labute approximate surface area is 107 Å². The molecule has 0 radical (unpaired) electrons. The number of rotatable bonds is 2. The molecule has 4 nitrogen and oxygen atoms in total. The highest BCUT2D eigenvalue weighted by Gasteiger charge is 2.09. The Hall–Kier alpha value is -1.37.